The molecule has 0 amide bonds. The Morgan fingerprint density at radius 2 is 1.58 bits per heavy atom. The second-order valence-electron chi connectivity index (χ2n) is 4.40. The molecule has 0 saturated heterocycles. The van der Waals surface area contributed by atoms with Crippen molar-refractivity contribution in [2.75, 3.05) is 0 Å². The Balaban J connectivity index is 2.25. The number of hydrogen-bond donors (Lipinski definition) is 0. The molecule has 0 bridgehead atoms. The number of carbonyl (C=O) groups excluding carboxylic acids is 1. The van der Waals surface area contributed by atoms with Gasteiger partial charge in [0.1, 0.15) is 0 Å². The van der Waals surface area contributed by atoms with Gasteiger partial charge in [0.25, 0.3) is 0 Å². The van der Waals surface area contributed by atoms with E-state index in [1.54, 1.807) is 12.1 Å². The molecular formula is C16H14F2O. The third-order valence-corrected chi connectivity index (χ3v) is 2.94. The summed E-state index contributed by atoms with van der Waals surface area (Å²) in [5, 5.41) is 0. The van der Waals surface area contributed by atoms with E-state index in [1.165, 1.54) is 6.07 Å². The third kappa shape index (κ3) is 3.05. The van der Waals surface area contributed by atoms with Crippen LogP contribution in [0.1, 0.15) is 34.8 Å². The van der Waals surface area contributed by atoms with E-state index in [-0.39, 0.29) is 11.3 Å². The van der Waals surface area contributed by atoms with Crippen LogP contribution in [0.25, 0.3) is 0 Å². The van der Waals surface area contributed by atoms with Crippen LogP contribution >= 0.6 is 0 Å². The summed E-state index contributed by atoms with van der Waals surface area (Å²) in [5.41, 5.74) is 1.79. The highest BCUT2D eigenvalue weighted by Gasteiger charge is 2.11. The van der Waals surface area contributed by atoms with Crippen molar-refractivity contribution in [3.63, 3.8) is 0 Å². The van der Waals surface area contributed by atoms with Crippen LogP contribution in [-0.2, 0) is 6.42 Å². The van der Waals surface area contributed by atoms with Crippen LogP contribution in [0, 0.1) is 11.6 Å². The fourth-order valence-electron chi connectivity index (χ4n) is 1.92. The number of hydrogen-bond acceptors (Lipinski definition) is 1. The molecule has 0 aliphatic carbocycles. The van der Waals surface area contributed by atoms with E-state index in [2.05, 4.69) is 6.92 Å². The largest absolute Gasteiger partial charge is 0.289 e. The number of rotatable bonds is 4. The second kappa shape index (κ2) is 5.74. The molecule has 2 rings (SSSR count). The van der Waals surface area contributed by atoms with Crippen LogP contribution in [0.3, 0.4) is 0 Å². The first-order chi connectivity index (χ1) is 9.11. The number of ketones is 1. The average molecular weight is 260 g/mol. The van der Waals surface area contributed by atoms with Crippen molar-refractivity contribution in [2.45, 2.75) is 19.8 Å². The standard InChI is InChI=1S/C16H14F2O/c1-2-3-11-4-6-12(7-5-11)16(19)13-8-9-14(17)15(18)10-13/h4-10H,2-3H2,1H3. The van der Waals surface area contributed by atoms with E-state index < -0.39 is 11.6 Å². The Morgan fingerprint density at radius 3 is 2.16 bits per heavy atom. The van der Waals surface area contributed by atoms with Gasteiger partial charge in [-0.05, 0) is 30.2 Å². The van der Waals surface area contributed by atoms with Crippen molar-refractivity contribution in [3.8, 4) is 0 Å². The normalized spacial score (nSPS) is 10.5. The Bertz CT molecular complexity index is 588. The molecule has 0 unspecified atom stereocenters. The predicted molar refractivity (Wildman–Crippen MR) is 70.2 cm³/mol. The summed E-state index contributed by atoms with van der Waals surface area (Å²) >= 11 is 0. The molecule has 0 spiro atoms. The highest BCUT2D eigenvalue weighted by atomic mass is 19.2. The summed E-state index contributed by atoms with van der Waals surface area (Å²) in [7, 11) is 0. The summed E-state index contributed by atoms with van der Waals surface area (Å²) in [6, 6.07) is 10.4. The Hall–Kier alpha value is -2.03. The minimum atomic E-state index is -1.01. The number of benzene rings is 2. The Morgan fingerprint density at radius 1 is 0.947 bits per heavy atom. The van der Waals surface area contributed by atoms with Crippen LogP contribution < -0.4 is 0 Å². The SMILES string of the molecule is CCCc1ccc(C(=O)c2ccc(F)c(F)c2)cc1. The van der Waals surface area contributed by atoms with E-state index in [0.29, 0.717) is 5.56 Å². The number of halogens is 2. The first-order valence-electron chi connectivity index (χ1n) is 6.20. The molecule has 1 nitrogen and oxygen atoms in total. The highest BCUT2D eigenvalue weighted by Crippen LogP contribution is 2.15. The number of carbonyl (C=O) groups is 1. The van der Waals surface area contributed by atoms with Crippen LogP contribution in [0.5, 0.6) is 0 Å². The molecule has 0 N–H and O–H groups in total. The van der Waals surface area contributed by atoms with E-state index in [0.717, 1.165) is 30.5 Å². The maximum Gasteiger partial charge on any atom is 0.193 e. The molecular weight excluding hydrogens is 246 g/mol. The van der Waals surface area contributed by atoms with E-state index in [9.17, 15) is 13.6 Å². The van der Waals surface area contributed by atoms with Gasteiger partial charge in [-0.2, -0.15) is 0 Å². The van der Waals surface area contributed by atoms with Gasteiger partial charge in [-0.1, -0.05) is 37.6 Å². The average Bonchev–Trinajstić information content (AvgIpc) is 2.42. The zero-order chi connectivity index (χ0) is 13.8. The maximum atomic E-state index is 13.1. The molecule has 98 valence electrons. The monoisotopic (exact) mass is 260 g/mol. The fraction of sp³-hybridized carbons (Fsp3) is 0.188. The lowest BCUT2D eigenvalue weighted by molar-refractivity contribution is 0.103. The van der Waals surface area contributed by atoms with Gasteiger partial charge in [0, 0.05) is 11.1 Å². The van der Waals surface area contributed by atoms with Crippen molar-refractivity contribution in [3.05, 3.63) is 70.8 Å². The lowest BCUT2D eigenvalue weighted by Gasteiger charge is -2.04. The molecule has 3 heteroatoms. The van der Waals surface area contributed by atoms with Crippen molar-refractivity contribution in [2.24, 2.45) is 0 Å². The summed E-state index contributed by atoms with van der Waals surface area (Å²) in [6.07, 6.45) is 2.00. The minimum Gasteiger partial charge on any atom is -0.289 e. The van der Waals surface area contributed by atoms with Crippen molar-refractivity contribution >= 4 is 5.78 Å². The second-order valence-corrected chi connectivity index (χ2v) is 4.40. The molecule has 0 heterocycles. The zero-order valence-electron chi connectivity index (χ0n) is 10.6. The molecule has 0 aliphatic rings. The smallest absolute Gasteiger partial charge is 0.193 e. The zero-order valence-corrected chi connectivity index (χ0v) is 10.6. The van der Waals surface area contributed by atoms with E-state index in [4.69, 9.17) is 0 Å². The topological polar surface area (TPSA) is 17.1 Å². The Labute approximate surface area is 110 Å². The molecule has 2 aromatic carbocycles. The van der Waals surface area contributed by atoms with E-state index >= 15 is 0 Å². The van der Waals surface area contributed by atoms with Crippen LogP contribution in [0.2, 0.25) is 0 Å². The van der Waals surface area contributed by atoms with Gasteiger partial charge in [-0.15, -0.1) is 0 Å². The van der Waals surface area contributed by atoms with Gasteiger partial charge < -0.3 is 0 Å². The molecule has 0 saturated carbocycles. The lowest BCUT2D eigenvalue weighted by atomic mass is 10.0. The summed E-state index contributed by atoms with van der Waals surface area (Å²) in [5.74, 6) is -2.26. The minimum absolute atomic E-state index is 0.155. The summed E-state index contributed by atoms with van der Waals surface area (Å²) < 4.78 is 25.9. The molecule has 0 fully saturated rings. The first kappa shape index (κ1) is 13.4. The maximum absolute atomic E-state index is 13.1. The van der Waals surface area contributed by atoms with Crippen LogP contribution in [0.15, 0.2) is 42.5 Å². The third-order valence-electron chi connectivity index (χ3n) is 2.94. The fourth-order valence-corrected chi connectivity index (χ4v) is 1.92. The summed E-state index contributed by atoms with van der Waals surface area (Å²) in [4.78, 5) is 12.1. The molecule has 0 aromatic heterocycles. The van der Waals surface area contributed by atoms with Crippen LogP contribution in [0.4, 0.5) is 8.78 Å². The van der Waals surface area contributed by atoms with Crippen molar-refractivity contribution < 1.29 is 13.6 Å². The van der Waals surface area contributed by atoms with Crippen LogP contribution in [-0.4, -0.2) is 5.78 Å². The first-order valence-corrected chi connectivity index (χ1v) is 6.20. The van der Waals surface area contributed by atoms with Gasteiger partial charge in [0.15, 0.2) is 17.4 Å². The molecule has 2 aromatic rings. The quantitative estimate of drug-likeness (QED) is 0.755. The van der Waals surface area contributed by atoms with Crippen molar-refractivity contribution in [1.29, 1.82) is 0 Å². The lowest BCUT2D eigenvalue weighted by Crippen LogP contribution is -2.02. The highest BCUT2D eigenvalue weighted by molar-refractivity contribution is 6.08. The molecule has 0 radical (unpaired) electrons. The van der Waals surface area contributed by atoms with Crippen molar-refractivity contribution in [1.82, 2.24) is 0 Å². The molecule has 19 heavy (non-hydrogen) atoms. The summed E-state index contributed by atoms with van der Waals surface area (Å²) in [6.45, 7) is 2.08. The van der Waals surface area contributed by atoms with E-state index in [1.807, 2.05) is 12.1 Å². The molecule has 0 aliphatic heterocycles. The van der Waals surface area contributed by atoms with Gasteiger partial charge in [-0.25, -0.2) is 8.78 Å². The Kier molecular flexibility index (Phi) is 4.05. The molecule has 0 atom stereocenters. The van der Waals surface area contributed by atoms with Gasteiger partial charge in [0.2, 0.25) is 0 Å². The predicted octanol–water partition coefficient (Wildman–Crippen LogP) is 4.15. The van der Waals surface area contributed by atoms with Gasteiger partial charge in [0.05, 0.1) is 0 Å². The number of aryl methyl sites for hydroxylation is 1. The van der Waals surface area contributed by atoms with Gasteiger partial charge >= 0.3 is 0 Å². The van der Waals surface area contributed by atoms with Gasteiger partial charge in [-0.3, -0.25) is 4.79 Å².